The Labute approximate surface area is 182 Å². The molecule has 1 aliphatic carbocycles. The number of imide groups is 1. The maximum atomic E-state index is 12.8. The van der Waals surface area contributed by atoms with Crippen LogP contribution in [0.3, 0.4) is 0 Å². The average Bonchev–Trinajstić information content (AvgIpc) is 2.95. The number of hydrogen-bond donors (Lipinski definition) is 2. The highest BCUT2D eigenvalue weighted by Gasteiger charge is 2.51. The molecule has 3 rings (SSSR count). The maximum absolute atomic E-state index is 12.8. The summed E-state index contributed by atoms with van der Waals surface area (Å²) in [6, 6.07) is 3.68. The molecule has 0 atom stereocenters. The molecule has 10 nitrogen and oxygen atoms in total. The molecule has 11 heteroatoms. The van der Waals surface area contributed by atoms with Crippen LogP contribution in [-0.4, -0.2) is 68.8 Å². The molecule has 1 aromatic rings. The molecular formula is C20H28N4O6S. The summed E-state index contributed by atoms with van der Waals surface area (Å²) in [5.74, 6) is -0.452. The van der Waals surface area contributed by atoms with Crippen LogP contribution < -0.4 is 15.4 Å². The molecule has 2 aliphatic rings. The zero-order chi connectivity index (χ0) is 22.8. The molecule has 1 aromatic carbocycles. The number of sulfonamides is 1. The monoisotopic (exact) mass is 452 g/mol. The van der Waals surface area contributed by atoms with Gasteiger partial charge in [-0.05, 0) is 31.0 Å². The van der Waals surface area contributed by atoms with Crippen LogP contribution in [0.25, 0.3) is 0 Å². The molecule has 170 valence electrons. The molecule has 0 aromatic heterocycles. The minimum atomic E-state index is -3.70. The summed E-state index contributed by atoms with van der Waals surface area (Å²) in [5.41, 5.74) is -0.638. The summed E-state index contributed by atoms with van der Waals surface area (Å²) >= 11 is 0. The number of ether oxygens (including phenoxy) is 1. The maximum Gasteiger partial charge on any atom is 0.325 e. The van der Waals surface area contributed by atoms with Gasteiger partial charge >= 0.3 is 6.03 Å². The van der Waals surface area contributed by atoms with E-state index in [2.05, 4.69) is 10.6 Å². The fourth-order valence-corrected chi connectivity index (χ4v) is 4.88. The lowest BCUT2D eigenvalue weighted by Crippen LogP contribution is -2.48. The first-order valence-corrected chi connectivity index (χ1v) is 11.6. The topological polar surface area (TPSA) is 125 Å². The van der Waals surface area contributed by atoms with Crippen molar-refractivity contribution in [1.29, 1.82) is 0 Å². The van der Waals surface area contributed by atoms with Crippen LogP contribution >= 0.6 is 0 Å². The van der Waals surface area contributed by atoms with Crippen LogP contribution in [0.1, 0.15) is 38.5 Å². The second-order valence-corrected chi connectivity index (χ2v) is 10.1. The standard InChI is InChI=1S/C20H28N4O6S/c1-23(2)31(28,29)14-7-8-16(30-3)15(13-14)21-17(25)9-12-24-18(26)20(22-19(24)27)10-5-4-6-11-20/h7-8,13H,4-6,9-12H2,1-3H3,(H,21,25)(H,22,27). The Bertz CT molecular complexity index is 985. The summed E-state index contributed by atoms with van der Waals surface area (Å²) in [5, 5.41) is 5.43. The predicted octanol–water partition coefficient (Wildman–Crippen LogP) is 1.53. The molecule has 0 bridgehead atoms. The summed E-state index contributed by atoms with van der Waals surface area (Å²) in [4.78, 5) is 38.7. The highest BCUT2D eigenvalue weighted by molar-refractivity contribution is 7.89. The first-order valence-electron chi connectivity index (χ1n) is 10.2. The van der Waals surface area contributed by atoms with Gasteiger partial charge in [0.25, 0.3) is 5.91 Å². The fraction of sp³-hybridized carbons (Fsp3) is 0.550. The van der Waals surface area contributed by atoms with Crippen molar-refractivity contribution >= 4 is 33.6 Å². The summed E-state index contributed by atoms with van der Waals surface area (Å²) < 4.78 is 31.0. The number of benzene rings is 1. The van der Waals surface area contributed by atoms with Gasteiger partial charge in [0.05, 0.1) is 17.7 Å². The van der Waals surface area contributed by atoms with Crippen molar-refractivity contribution in [2.75, 3.05) is 33.1 Å². The van der Waals surface area contributed by atoms with Crippen LogP contribution in [0.2, 0.25) is 0 Å². The Morgan fingerprint density at radius 2 is 1.90 bits per heavy atom. The summed E-state index contributed by atoms with van der Waals surface area (Å²) in [6.07, 6.45) is 3.91. The lowest BCUT2D eigenvalue weighted by Gasteiger charge is -2.30. The van der Waals surface area contributed by atoms with Gasteiger partial charge in [-0.25, -0.2) is 17.5 Å². The lowest BCUT2D eigenvalue weighted by atomic mass is 9.82. The van der Waals surface area contributed by atoms with E-state index in [9.17, 15) is 22.8 Å². The van der Waals surface area contributed by atoms with Crippen LogP contribution in [0.5, 0.6) is 5.75 Å². The molecule has 1 heterocycles. The van der Waals surface area contributed by atoms with E-state index in [1.54, 1.807) is 0 Å². The second kappa shape index (κ2) is 8.83. The van der Waals surface area contributed by atoms with E-state index in [0.717, 1.165) is 28.5 Å². The molecule has 2 fully saturated rings. The molecule has 1 saturated heterocycles. The Hall–Kier alpha value is -2.66. The van der Waals surface area contributed by atoms with E-state index in [0.29, 0.717) is 18.6 Å². The van der Waals surface area contributed by atoms with Crippen molar-refractivity contribution in [2.24, 2.45) is 0 Å². The molecule has 1 spiro atoms. The summed E-state index contributed by atoms with van der Waals surface area (Å²) in [7, 11) is 0.533. The van der Waals surface area contributed by atoms with Gasteiger partial charge in [-0.15, -0.1) is 0 Å². The number of urea groups is 1. The normalized spacial score (nSPS) is 18.4. The third-order valence-electron chi connectivity index (χ3n) is 5.74. The second-order valence-electron chi connectivity index (χ2n) is 7.98. The minimum Gasteiger partial charge on any atom is -0.495 e. The van der Waals surface area contributed by atoms with E-state index in [1.165, 1.54) is 39.4 Å². The van der Waals surface area contributed by atoms with Crippen molar-refractivity contribution in [3.05, 3.63) is 18.2 Å². The van der Waals surface area contributed by atoms with Crippen molar-refractivity contribution in [3.63, 3.8) is 0 Å². The number of hydrogen-bond acceptors (Lipinski definition) is 6. The van der Waals surface area contributed by atoms with Crippen molar-refractivity contribution in [2.45, 2.75) is 49.0 Å². The molecule has 0 radical (unpaired) electrons. The molecule has 0 unspecified atom stereocenters. The van der Waals surface area contributed by atoms with Crippen LogP contribution in [0.15, 0.2) is 23.1 Å². The molecular weight excluding hydrogens is 424 g/mol. The molecule has 1 saturated carbocycles. The molecule has 2 N–H and O–H groups in total. The predicted molar refractivity (Wildman–Crippen MR) is 113 cm³/mol. The Balaban J connectivity index is 1.68. The van der Waals surface area contributed by atoms with Gasteiger partial charge in [0, 0.05) is 27.1 Å². The van der Waals surface area contributed by atoms with Crippen LogP contribution in [-0.2, 0) is 19.6 Å². The van der Waals surface area contributed by atoms with E-state index in [1.807, 2.05) is 0 Å². The SMILES string of the molecule is COc1ccc(S(=O)(=O)N(C)C)cc1NC(=O)CCN1C(=O)NC2(CCCCC2)C1=O. The van der Waals surface area contributed by atoms with E-state index >= 15 is 0 Å². The van der Waals surface area contributed by atoms with Gasteiger partial charge < -0.3 is 15.4 Å². The number of anilines is 1. The van der Waals surface area contributed by atoms with Gasteiger partial charge in [0.2, 0.25) is 15.9 Å². The molecule has 31 heavy (non-hydrogen) atoms. The van der Waals surface area contributed by atoms with E-state index in [-0.39, 0.29) is 29.5 Å². The van der Waals surface area contributed by atoms with Gasteiger partial charge in [-0.2, -0.15) is 0 Å². The number of rotatable bonds is 7. The highest BCUT2D eigenvalue weighted by Crippen LogP contribution is 2.34. The van der Waals surface area contributed by atoms with Crippen molar-refractivity contribution in [1.82, 2.24) is 14.5 Å². The molecule has 4 amide bonds. The minimum absolute atomic E-state index is 0.00180. The third-order valence-corrected chi connectivity index (χ3v) is 7.55. The molecule has 1 aliphatic heterocycles. The van der Waals surface area contributed by atoms with Crippen LogP contribution in [0, 0.1) is 0 Å². The van der Waals surface area contributed by atoms with E-state index < -0.39 is 27.5 Å². The largest absolute Gasteiger partial charge is 0.495 e. The first kappa shape index (κ1) is 23.0. The van der Waals surface area contributed by atoms with Crippen molar-refractivity contribution in [3.8, 4) is 5.75 Å². The zero-order valence-electron chi connectivity index (χ0n) is 17.9. The third kappa shape index (κ3) is 4.52. The van der Waals surface area contributed by atoms with Gasteiger partial charge in [-0.1, -0.05) is 19.3 Å². The van der Waals surface area contributed by atoms with E-state index in [4.69, 9.17) is 4.74 Å². The number of nitrogens with one attached hydrogen (secondary N) is 2. The lowest BCUT2D eigenvalue weighted by molar-refractivity contribution is -0.132. The first-order chi connectivity index (χ1) is 14.6. The number of amides is 4. The number of nitrogens with zero attached hydrogens (tertiary/aromatic N) is 2. The summed E-state index contributed by atoms with van der Waals surface area (Å²) in [6.45, 7) is -0.0593. The van der Waals surface area contributed by atoms with Crippen molar-refractivity contribution < 1.29 is 27.5 Å². The van der Waals surface area contributed by atoms with Gasteiger partial charge in [-0.3, -0.25) is 14.5 Å². The smallest absolute Gasteiger partial charge is 0.325 e. The Morgan fingerprint density at radius 3 is 2.52 bits per heavy atom. The number of carbonyl (C=O) groups excluding carboxylic acids is 3. The van der Waals surface area contributed by atoms with Gasteiger partial charge in [0.1, 0.15) is 11.3 Å². The van der Waals surface area contributed by atoms with Crippen LogP contribution in [0.4, 0.5) is 10.5 Å². The zero-order valence-corrected chi connectivity index (χ0v) is 18.8. The quantitative estimate of drug-likeness (QED) is 0.605. The van der Waals surface area contributed by atoms with Gasteiger partial charge in [0.15, 0.2) is 0 Å². The Kier molecular flexibility index (Phi) is 6.56. The average molecular weight is 453 g/mol. The Morgan fingerprint density at radius 1 is 1.23 bits per heavy atom. The number of methoxy groups -OCH3 is 1. The highest BCUT2D eigenvalue weighted by atomic mass is 32.2. The fourth-order valence-electron chi connectivity index (χ4n) is 3.96. The number of carbonyl (C=O) groups is 3.